The molecule has 1 atom stereocenters. The summed E-state index contributed by atoms with van der Waals surface area (Å²) in [4.78, 5) is 2.33. The zero-order chi connectivity index (χ0) is 18.8. The minimum Gasteiger partial charge on any atom is -0.497 e. The lowest BCUT2D eigenvalue weighted by atomic mass is 9.99. The largest absolute Gasteiger partial charge is 0.497 e. The van der Waals surface area contributed by atoms with Gasteiger partial charge in [0.15, 0.2) is 0 Å². The zero-order valence-electron chi connectivity index (χ0n) is 15.9. The number of aliphatic hydroxyl groups excluding tert-OH is 1. The van der Waals surface area contributed by atoms with E-state index in [1.165, 1.54) is 11.1 Å². The predicted octanol–water partition coefficient (Wildman–Crippen LogP) is 3.08. The number of β-amino-alcohol motifs (C(OH)–C–C–N with tert-alkyl or cyclic N) is 1. The second-order valence-electron chi connectivity index (χ2n) is 7.17. The van der Waals surface area contributed by atoms with Gasteiger partial charge in [0.05, 0.1) is 20.3 Å². The standard InChI is InChI=1S/C22H26N2O3/c1-26-20-4-3-18-13-23(9-7-16(18)11-20)14-19(25)15-24-10-8-17-12-21(27-2)5-6-22(17)24/h3-6,8,10-12,19,25H,7,9,13-15H2,1-2H3/t19-/m1/s1. The molecule has 0 bridgehead atoms. The molecule has 1 N–H and O–H groups in total. The first kappa shape index (κ1) is 17.9. The number of hydrogen-bond acceptors (Lipinski definition) is 4. The van der Waals surface area contributed by atoms with Gasteiger partial charge in [0.25, 0.3) is 0 Å². The Bertz CT molecular complexity index is 934. The monoisotopic (exact) mass is 366 g/mol. The van der Waals surface area contributed by atoms with E-state index in [2.05, 4.69) is 27.7 Å². The number of rotatable bonds is 6. The Morgan fingerprint density at radius 1 is 0.963 bits per heavy atom. The number of hydrogen-bond donors (Lipinski definition) is 1. The Labute approximate surface area is 159 Å². The second kappa shape index (κ2) is 7.62. The number of fused-ring (bicyclic) bond motifs is 2. The van der Waals surface area contributed by atoms with Crippen molar-refractivity contribution in [2.45, 2.75) is 25.6 Å². The lowest BCUT2D eigenvalue weighted by Gasteiger charge is -2.30. The van der Waals surface area contributed by atoms with E-state index in [-0.39, 0.29) is 0 Å². The summed E-state index contributed by atoms with van der Waals surface area (Å²) in [6.45, 7) is 3.09. The Morgan fingerprint density at radius 3 is 2.56 bits per heavy atom. The van der Waals surface area contributed by atoms with E-state index in [0.717, 1.165) is 41.9 Å². The van der Waals surface area contributed by atoms with Gasteiger partial charge in [0.2, 0.25) is 0 Å². The molecule has 1 aliphatic heterocycles. The van der Waals surface area contributed by atoms with Crippen LogP contribution in [-0.4, -0.2) is 48.0 Å². The van der Waals surface area contributed by atoms with E-state index in [1.807, 2.05) is 30.5 Å². The number of benzene rings is 2. The highest BCUT2D eigenvalue weighted by atomic mass is 16.5. The van der Waals surface area contributed by atoms with Gasteiger partial charge in [-0.3, -0.25) is 4.90 Å². The van der Waals surface area contributed by atoms with Crippen molar-refractivity contribution in [1.29, 1.82) is 0 Å². The maximum absolute atomic E-state index is 10.7. The van der Waals surface area contributed by atoms with Gasteiger partial charge in [-0.05, 0) is 53.9 Å². The molecule has 1 aliphatic rings. The van der Waals surface area contributed by atoms with Crippen LogP contribution in [0.3, 0.4) is 0 Å². The first-order valence-electron chi connectivity index (χ1n) is 9.35. The Kier molecular flexibility index (Phi) is 5.05. The van der Waals surface area contributed by atoms with E-state index in [0.29, 0.717) is 13.1 Å². The van der Waals surface area contributed by atoms with E-state index in [4.69, 9.17) is 9.47 Å². The molecule has 0 saturated heterocycles. The first-order chi connectivity index (χ1) is 13.2. The van der Waals surface area contributed by atoms with Crippen molar-refractivity contribution >= 4 is 10.9 Å². The van der Waals surface area contributed by atoms with Crippen LogP contribution in [0, 0.1) is 0 Å². The van der Waals surface area contributed by atoms with Crippen molar-refractivity contribution in [1.82, 2.24) is 9.47 Å². The summed E-state index contributed by atoms with van der Waals surface area (Å²) in [6, 6.07) is 14.4. The number of ether oxygens (including phenoxy) is 2. The molecule has 0 unspecified atom stereocenters. The summed E-state index contributed by atoms with van der Waals surface area (Å²) >= 11 is 0. The SMILES string of the molecule is COc1ccc2c(c1)CCN(C[C@@H](O)Cn1ccc3cc(OC)ccc31)C2. The fourth-order valence-corrected chi connectivity index (χ4v) is 3.92. The van der Waals surface area contributed by atoms with Crippen LogP contribution in [0.2, 0.25) is 0 Å². The molecule has 2 aromatic carbocycles. The van der Waals surface area contributed by atoms with Crippen LogP contribution in [0.1, 0.15) is 11.1 Å². The average Bonchev–Trinajstić information content (AvgIpc) is 3.09. The summed E-state index contributed by atoms with van der Waals surface area (Å²) in [5.74, 6) is 1.77. The maximum Gasteiger partial charge on any atom is 0.119 e. The fraction of sp³-hybridized carbons (Fsp3) is 0.364. The molecule has 1 aromatic heterocycles. The molecule has 0 radical (unpaired) electrons. The van der Waals surface area contributed by atoms with E-state index >= 15 is 0 Å². The van der Waals surface area contributed by atoms with Crippen LogP contribution in [0.5, 0.6) is 11.5 Å². The summed E-state index contributed by atoms with van der Waals surface area (Å²) < 4.78 is 12.7. The third-order valence-electron chi connectivity index (χ3n) is 5.36. The molecule has 27 heavy (non-hydrogen) atoms. The Balaban J connectivity index is 1.40. The lowest BCUT2D eigenvalue weighted by Crippen LogP contribution is -2.38. The van der Waals surface area contributed by atoms with Crippen molar-refractivity contribution in [3.63, 3.8) is 0 Å². The molecule has 4 rings (SSSR count). The van der Waals surface area contributed by atoms with Crippen LogP contribution in [0.25, 0.3) is 10.9 Å². The topological polar surface area (TPSA) is 46.9 Å². The minimum atomic E-state index is -0.414. The Hall–Kier alpha value is -2.50. The quantitative estimate of drug-likeness (QED) is 0.728. The molecular weight excluding hydrogens is 340 g/mol. The molecule has 2 heterocycles. The first-order valence-corrected chi connectivity index (χ1v) is 9.35. The van der Waals surface area contributed by atoms with Crippen molar-refractivity contribution in [3.05, 3.63) is 59.8 Å². The van der Waals surface area contributed by atoms with Gasteiger partial charge in [-0.25, -0.2) is 0 Å². The molecule has 0 amide bonds. The van der Waals surface area contributed by atoms with Crippen LogP contribution in [-0.2, 0) is 19.5 Å². The van der Waals surface area contributed by atoms with Crippen LogP contribution in [0.15, 0.2) is 48.7 Å². The van der Waals surface area contributed by atoms with Gasteiger partial charge in [-0.15, -0.1) is 0 Å². The molecule has 0 fully saturated rings. The molecule has 142 valence electrons. The Morgan fingerprint density at radius 2 is 1.74 bits per heavy atom. The summed E-state index contributed by atoms with van der Waals surface area (Å²) in [6.07, 6.45) is 2.61. The van der Waals surface area contributed by atoms with Gasteiger partial charge in [0.1, 0.15) is 11.5 Å². The number of methoxy groups -OCH3 is 2. The van der Waals surface area contributed by atoms with Crippen molar-refractivity contribution in [2.75, 3.05) is 27.3 Å². The number of aromatic nitrogens is 1. The average molecular weight is 366 g/mol. The smallest absolute Gasteiger partial charge is 0.119 e. The summed E-state index contributed by atoms with van der Waals surface area (Å²) in [7, 11) is 3.38. The molecule has 0 aliphatic carbocycles. The predicted molar refractivity (Wildman–Crippen MR) is 106 cm³/mol. The third-order valence-corrected chi connectivity index (χ3v) is 5.36. The van der Waals surface area contributed by atoms with E-state index in [9.17, 15) is 5.11 Å². The van der Waals surface area contributed by atoms with Crippen molar-refractivity contribution < 1.29 is 14.6 Å². The highest BCUT2D eigenvalue weighted by molar-refractivity contribution is 5.81. The van der Waals surface area contributed by atoms with Crippen LogP contribution >= 0.6 is 0 Å². The summed E-state index contributed by atoms with van der Waals surface area (Å²) in [5, 5.41) is 11.8. The van der Waals surface area contributed by atoms with Gasteiger partial charge in [0, 0.05) is 43.3 Å². The fourth-order valence-electron chi connectivity index (χ4n) is 3.92. The molecule has 0 spiro atoms. The number of nitrogens with zero attached hydrogens (tertiary/aromatic N) is 2. The molecule has 5 nitrogen and oxygen atoms in total. The van der Waals surface area contributed by atoms with Crippen LogP contribution in [0.4, 0.5) is 0 Å². The number of aliphatic hydroxyl groups is 1. The normalized spacial score (nSPS) is 15.5. The second-order valence-corrected chi connectivity index (χ2v) is 7.17. The van der Waals surface area contributed by atoms with E-state index in [1.54, 1.807) is 14.2 Å². The highest BCUT2D eigenvalue weighted by Gasteiger charge is 2.19. The van der Waals surface area contributed by atoms with Gasteiger partial charge >= 0.3 is 0 Å². The van der Waals surface area contributed by atoms with Gasteiger partial charge in [-0.1, -0.05) is 6.07 Å². The van der Waals surface area contributed by atoms with E-state index < -0.39 is 6.10 Å². The zero-order valence-corrected chi connectivity index (χ0v) is 15.9. The van der Waals surface area contributed by atoms with Crippen LogP contribution < -0.4 is 9.47 Å². The minimum absolute atomic E-state index is 0.414. The van der Waals surface area contributed by atoms with Gasteiger partial charge < -0.3 is 19.1 Å². The van der Waals surface area contributed by atoms with Gasteiger partial charge in [-0.2, -0.15) is 0 Å². The highest BCUT2D eigenvalue weighted by Crippen LogP contribution is 2.25. The molecule has 0 saturated carbocycles. The maximum atomic E-state index is 10.7. The molecule has 3 aromatic rings. The molecule has 5 heteroatoms. The van der Waals surface area contributed by atoms with Crippen molar-refractivity contribution in [2.24, 2.45) is 0 Å². The van der Waals surface area contributed by atoms with Crippen molar-refractivity contribution in [3.8, 4) is 11.5 Å². The lowest BCUT2D eigenvalue weighted by molar-refractivity contribution is 0.0927. The summed E-state index contributed by atoms with van der Waals surface area (Å²) in [5.41, 5.74) is 3.80. The molecular formula is C22H26N2O3. The third kappa shape index (κ3) is 3.80.